The van der Waals surface area contributed by atoms with Crippen molar-refractivity contribution in [2.75, 3.05) is 27.5 Å². The summed E-state index contributed by atoms with van der Waals surface area (Å²) < 4.78 is 5.29. The number of fused-ring (bicyclic) bond motifs is 1. The molecule has 0 fully saturated rings. The van der Waals surface area contributed by atoms with Crippen LogP contribution in [0.5, 0.6) is 0 Å². The number of carbonyl (C=O) groups is 1. The van der Waals surface area contributed by atoms with Gasteiger partial charge >= 0.3 is 6.03 Å². The Morgan fingerprint density at radius 2 is 1.89 bits per heavy atom. The van der Waals surface area contributed by atoms with Gasteiger partial charge in [-0.25, -0.2) is 4.79 Å². The maximum Gasteiger partial charge on any atom is 0.323 e. The predicted molar refractivity (Wildman–Crippen MR) is 107 cm³/mol. The van der Waals surface area contributed by atoms with E-state index in [1.807, 2.05) is 17.0 Å². The summed E-state index contributed by atoms with van der Waals surface area (Å²) in [5.74, 6) is 0.959. The fourth-order valence-corrected chi connectivity index (χ4v) is 2.98. The standard InChI is InChI=1S/C19H16ClN5O2/c20-15-3-1-2-4-16(15)24-19(26)23-12-5-7-13(8-6-12)25-11-22-18-14(17(25)21)9-10-27-18/h1-10,21-22H,11H2,(H2,23,24,26). The summed E-state index contributed by atoms with van der Waals surface area (Å²) in [4.78, 5) is 13.9. The first kappa shape index (κ1) is 17.0. The molecule has 0 unspecified atom stereocenters. The number of furan rings is 1. The van der Waals surface area contributed by atoms with Crippen LogP contribution in [-0.2, 0) is 0 Å². The van der Waals surface area contributed by atoms with Gasteiger partial charge in [0.25, 0.3) is 0 Å². The molecule has 0 radical (unpaired) electrons. The van der Waals surface area contributed by atoms with Crippen LogP contribution < -0.4 is 20.9 Å². The summed E-state index contributed by atoms with van der Waals surface area (Å²) in [5, 5.41) is 17.4. The van der Waals surface area contributed by atoms with Gasteiger partial charge in [0.15, 0.2) is 0 Å². The largest absolute Gasteiger partial charge is 0.448 e. The fourth-order valence-electron chi connectivity index (χ4n) is 2.80. The number of nitrogens with one attached hydrogen (secondary N) is 4. The maximum absolute atomic E-state index is 12.1. The number of carbonyl (C=O) groups excluding carboxylic acids is 1. The number of benzene rings is 2. The zero-order chi connectivity index (χ0) is 18.8. The van der Waals surface area contributed by atoms with Crippen LogP contribution in [0.25, 0.3) is 0 Å². The molecule has 3 aromatic rings. The Hall–Kier alpha value is -3.45. The first-order valence-electron chi connectivity index (χ1n) is 8.22. The van der Waals surface area contributed by atoms with Crippen LogP contribution in [0.1, 0.15) is 5.56 Å². The molecule has 0 saturated heterocycles. The Labute approximate surface area is 160 Å². The van der Waals surface area contributed by atoms with Crippen molar-refractivity contribution in [1.29, 1.82) is 5.41 Å². The molecule has 8 heteroatoms. The van der Waals surface area contributed by atoms with Gasteiger partial charge in [0.05, 0.1) is 29.2 Å². The van der Waals surface area contributed by atoms with Crippen molar-refractivity contribution in [2.24, 2.45) is 0 Å². The Morgan fingerprint density at radius 1 is 1.11 bits per heavy atom. The summed E-state index contributed by atoms with van der Waals surface area (Å²) in [7, 11) is 0. The molecular formula is C19H16ClN5O2. The van der Waals surface area contributed by atoms with Gasteiger partial charge in [0.1, 0.15) is 5.84 Å². The van der Waals surface area contributed by atoms with Crippen LogP contribution in [0.15, 0.2) is 65.3 Å². The molecule has 4 rings (SSSR count). The van der Waals surface area contributed by atoms with Crippen molar-refractivity contribution in [3.8, 4) is 0 Å². The lowest BCUT2D eigenvalue weighted by atomic mass is 10.2. The van der Waals surface area contributed by atoms with Crippen molar-refractivity contribution in [2.45, 2.75) is 0 Å². The van der Waals surface area contributed by atoms with Gasteiger partial charge < -0.3 is 25.3 Å². The Balaban J connectivity index is 1.43. The highest BCUT2D eigenvalue weighted by atomic mass is 35.5. The van der Waals surface area contributed by atoms with Crippen molar-refractivity contribution >= 4 is 46.4 Å². The normalized spacial score (nSPS) is 12.9. The zero-order valence-electron chi connectivity index (χ0n) is 14.1. The smallest absolute Gasteiger partial charge is 0.323 e. The highest BCUT2D eigenvalue weighted by Gasteiger charge is 2.24. The molecule has 1 aliphatic heterocycles. The van der Waals surface area contributed by atoms with Crippen molar-refractivity contribution in [3.05, 3.63) is 71.4 Å². The molecule has 0 saturated carbocycles. The average Bonchev–Trinajstić information content (AvgIpc) is 3.15. The van der Waals surface area contributed by atoms with Gasteiger partial charge in [-0.05, 0) is 42.5 Å². The molecule has 2 heterocycles. The van der Waals surface area contributed by atoms with Crippen LogP contribution in [0, 0.1) is 5.41 Å². The Bertz CT molecular complexity index is 999. The number of nitrogens with zero attached hydrogens (tertiary/aromatic N) is 1. The molecule has 4 N–H and O–H groups in total. The fraction of sp³-hybridized carbons (Fsp3) is 0.0526. The van der Waals surface area contributed by atoms with Crippen LogP contribution in [0.2, 0.25) is 5.02 Å². The highest BCUT2D eigenvalue weighted by Crippen LogP contribution is 2.28. The third-order valence-electron chi connectivity index (χ3n) is 4.15. The second-order valence-electron chi connectivity index (χ2n) is 5.88. The second kappa shape index (κ2) is 7.05. The average molecular weight is 382 g/mol. The number of amides is 2. The Kier molecular flexibility index (Phi) is 4.43. The van der Waals surface area contributed by atoms with Gasteiger partial charge in [-0.1, -0.05) is 23.7 Å². The van der Waals surface area contributed by atoms with Gasteiger partial charge in [-0.3, -0.25) is 5.41 Å². The van der Waals surface area contributed by atoms with E-state index in [9.17, 15) is 4.79 Å². The minimum Gasteiger partial charge on any atom is -0.448 e. The lowest BCUT2D eigenvalue weighted by molar-refractivity contribution is 0.262. The first-order valence-corrected chi connectivity index (χ1v) is 8.60. The van der Waals surface area contributed by atoms with Crippen LogP contribution in [0.4, 0.5) is 27.7 Å². The van der Waals surface area contributed by atoms with E-state index in [4.69, 9.17) is 21.4 Å². The molecule has 7 nitrogen and oxygen atoms in total. The topological polar surface area (TPSA) is 93.4 Å². The predicted octanol–water partition coefficient (Wildman–Crippen LogP) is 4.79. The van der Waals surface area contributed by atoms with E-state index >= 15 is 0 Å². The summed E-state index contributed by atoms with van der Waals surface area (Å²) >= 11 is 6.04. The number of urea groups is 1. The summed E-state index contributed by atoms with van der Waals surface area (Å²) in [6, 6.07) is 15.6. The minimum atomic E-state index is -0.383. The molecule has 1 aliphatic rings. The number of para-hydroxylation sites is 1. The van der Waals surface area contributed by atoms with Crippen LogP contribution >= 0.6 is 11.6 Å². The van der Waals surface area contributed by atoms with Crippen LogP contribution in [-0.4, -0.2) is 18.5 Å². The number of anilines is 4. The molecule has 136 valence electrons. The minimum absolute atomic E-state index is 0.356. The van der Waals surface area contributed by atoms with Crippen molar-refractivity contribution in [3.63, 3.8) is 0 Å². The second-order valence-corrected chi connectivity index (χ2v) is 6.29. The molecule has 0 bridgehead atoms. The Morgan fingerprint density at radius 3 is 2.67 bits per heavy atom. The monoisotopic (exact) mass is 381 g/mol. The SMILES string of the molecule is N=C1c2ccoc2NCN1c1ccc(NC(=O)Nc2ccccc2Cl)cc1. The van der Waals surface area contributed by atoms with E-state index in [-0.39, 0.29) is 6.03 Å². The van der Waals surface area contributed by atoms with Crippen molar-refractivity contribution < 1.29 is 9.21 Å². The number of hydrogen-bond acceptors (Lipinski definition) is 4. The maximum atomic E-state index is 12.1. The number of amidine groups is 1. The lowest BCUT2D eigenvalue weighted by Gasteiger charge is -2.29. The van der Waals surface area contributed by atoms with E-state index in [0.717, 1.165) is 5.69 Å². The number of halogens is 1. The van der Waals surface area contributed by atoms with E-state index < -0.39 is 0 Å². The van der Waals surface area contributed by atoms with Gasteiger partial charge in [0, 0.05) is 11.4 Å². The molecule has 1 aromatic heterocycles. The molecule has 0 aliphatic carbocycles. The quantitative estimate of drug-likeness (QED) is 0.524. The summed E-state index contributed by atoms with van der Waals surface area (Å²) in [6.45, 7) is 0.430. The number of rotatable bonds is 3. The summed E-state index contributed by atoms with van der Waals surface area (Å²) in [6.07, 6.45) is 1.56. The third-order valence-corrected chi connectivity index (χ3v) is 4.48. The van der Waals surface area contributed by atoms with E-state index in [2.05, 4.69) is 16.0 Å². The van der Waals surface area contributed by atoms with Gasteiger partial charge in [-0.2, -0.15) is 0 Å². The molecule has 0 spiro atoms. The van der Waals surface area contributed by atoms with Crippen molar-refractivity contribution in [1.82, 2.24) is 0 Å². The molecule has 2 amide bonds. The third kappa shape index (κ3) is 3.45. The molecule has 0 atom stereocenters. The molecule has 2 aromatic carbocycles. The van der Waals surface area contributed by atoms with Gasteiger partial charge in [-0.15, -0.1) is 0 Å². The molecule has 27 heavy (non-hydrogen) atoms. The number of hydrogen-bond donors (Lipinski definition) is 4. The first-order chi connectivity index (χ1) is 13.1. The van der Waals surface area contributed by atoms with Crippen LogP contribution in [0.3, 0.4) is 0 Å². The van der Waals surface area contributed by atoms with Gasteiger partial charge in [0.2, 0.25) is 5.88 Å². The van der Waals surface area contributed by atoms with E-state index in [0.29, 0.717) is 40.3 Å². The lowest BCUT2D eigenvalue weighted by Crippen LogP contribution is -2.39. The molecular weight excluding hydrogens is 366 g/mol. The van der Waals surface area contributed by atoms with E-state index in [1.54, 1.807) is 48.7 Å². The van der Waals surface area contributed by atoms with E-state index in [1.165, 1.54) is 0 Å². The summed E-state index contributed by atoms with van der Waals surface area (Å²) in [5.41, 5.74) is 2.71. The zero-order valence-corrected chi connectivity index (χ0v) is 14.9. The highest BCUT2D eigenvalue weighted by molar-refractivity contribution is 6.33.